The van der Waals surface area contributed by atoms with Gasteiger partial charge in [0.1, 0.15) is 6.33 Å². The van der Waals surface area contributed by atoms with Gasteiger partial charge in [-0.25, -0.2) is 9.97 Å². The van der Waals surface area contributed by atoms with E-state index in [2.05, 4.69) is 50.6 Å². The first-order valence-corrected chi connectivity index (χ1v) is 9.56. The van der Waals surface area contributed by atoms with E-state index in [4.69, 9.17) is 0 Å². The highest BCUT2D eigenvalue weighted by Gasteiger charge is 2.23. The Morgan fingerprint density at radius 2 is 1.78 bits per heavy atom. The zero-order valence-corrected chi connectivity index (χ0v) is 15.3. The number of rotatable bonds is 5. The molecule has 0 bridgehead atoms. The van der Waals surface area contributed by atoms with Gasteiger partial charge in [0.2, 0.25) is 0 Å². The highest BCUT2D eigenvalue weighted by molar-refractivity contribution is 6.00. The monoisotopic (exact) mass is 360 g/mol. The minimum absolute atomic E-state index is 0.0414. The van der Waals surface area contributed by atoms with Crippen molar-refractivity contribution in [3.05, 3.63) is 72.6 Å². The summed E-state index contributed by atoms with van der Waals surface area (Å²) in [6.45, 7) is 0.732. The first-order chi connectivity index (χ1) is 13.3. The van der Waals surface area contributed by atoms with Crippen molar-refractivity contribution >= 4 is 5.91 Å². The van der Waals surface area contributed by atoms with E-state index in [1.807, 2.05) is 6.20 Å². The normalized spacial score (nSPS) is 19.6. The summed E-state index contributed by atoms with van der Waals surface area (Å²) < 4.78 is 0. The first-order valence-electron chi connectivity index (χ1n) is 9.56. The Balaban J connectivity index is 1.32. The fourth-order valence-electron chi connectivity index (χ4n) is 3.99. The molecular weight excluding hydrogens is 336 g/mol. The summed E-state index contributed by atoms with van der Waals surface area (Å²) in [5, 5.41) is 3.12. The van der Waals surface area contributed by atoms with E-state index in [-0.39, 0.29) is 5.91 Å². The van der Waals surface area contributed by atoms with Crippen molar-refractivity contribution in [3.8, 4) is 11.1 Å². The van der Waals surface area contributed by atoms with Crippen LogP contribution in [0.25, 0.3) is 11.1 Å². The third-order valence-electron chi connectivity index (χ3n) is 5.53. The van der Waals surface area contributed by atoms with Crippen LogP contribution in [0.2, 0.25) is 0 Å². The van der Waals surface area contributed by atoms with Crippen LogP contribution in [0, 0.1) is 5.92 Å². The molecule has 138 valence electrons. The maximum Gasteiger partial charge on any atom is 0.253 e. The molecule has 1 aromatic carbocycles. The number of carbonyl (C=O) groups is 1. The van der Waals surface area contributed by atoms with Crippen molar-refractivity contribution in [1.82, 2.24) is 20.3 Å². The summed E-state index contributed by atoms with van der Waals surface area (Å²) in [4.78, 5) is 23.8. The third kappa shape index (κ3) is 4.08. The predicted molar refractivity (Wildman–Crippen MR) is 105 cm³/mol. The lowest BCUT2D eigenvalue weighted by Gasteiger charge is -2.29. The average molecular weight is 360 g/mol. The van der Waals surface area contributed by atoms with Crippen LogP contribution in [-0.2, 0) is 0 Å². The quantitative estimate of drug-likeness (QED) is 0.717. The Bertz CT molecular complexity index is 868. The average Bonchev–Trinajstić information content (AvgIpc) is 3.24. The topological polar surface area (TPSA) is 70.7 Å². The minimum atomic E-state index is -0.0414. The molecule has 1 saturated carbocycles. The largest absolute Gasteiger partial charge is 0.366 e. The van der Waals surface area contributed by atoms with Crippen LogP contribution in [-0.4, -0.2) is 27.4 Å². The van der Waals surface area contributed by atoms with Crippen molar-refractivity contribution in [2.75, 3.05) is 6.54 Å². The zero-order chi connectivity index (χ0) is 18.5. The molecule has 1 aliphatic rings. The fourth-order valence-corrected chi connectivity index (χ4v) is 3.99. The van der Waals surface area contributed by atoms with Gasteiger partial charge in [0.05, 0.1) is 5.56 Å². The number of hydrogen-bond donors (Lipinski definition) is 2. The smallest absolute Gasteiger partial charge is 0.253 e. The standard InChI is InChI=1S/C22H24N4O/c27-22(21-14-23-13-20(21)19-11-24-15-25-12-19)26-10-16-6-8-18(9-7-16)17-4-2-1-3-5-17/h1-5,11-16,18,23H,6-10H2,(H,26,27). The summed E-state index contributed by atoms with van der Waals surface area (Å²) in [5.74, 6) is 1.17. The number of carbonyl (C=O) groups excluding carboxylic acids is 1. The van der Waals surface area contributed by atoms with Crippen molar-refractivity contribution in [2.24, 2.45) is 5.92 Å². The number of benzene rings is 1. The molecule has 0 unspecified atom stereocenters. The molecule has 0 atom stereocenters. The molecule has 3 aromatic rings. The molecule has 4 rings (SSSR count). The lowest BCUT2D eigenvalue weighted by molar-refractivity contribution is 0.0943. The SMILES string of the molecule is O=C(NCC1CCC(c2ccccc2)CC1)c1c[nH]cc1-c1cncnc1. The number of aromatic amines is 1. The molecule has 0 radical (unpaired) electrons. The second kappa shape index (κ2) is 8.16. The number of H-pyrrole nitrogens is 1. The highest BCUT2D eigenvalue weighted by Crippen LogP contribution is 2.35. The van der Waals surface area contributed by atoms with Crippen molar-refractivity contribution in [1.29, 1.82) is 0 Å². The Morgan fingerprint density at radius 3 is 2.52 bits per heavy atom. The van der Waals surface area contributed by atoms with Gasteiger partial charge in [-0.1, -0.05) is 30.3 Å². The van der Waals surface area contributed by atoms with Crippen LogP contribution in [0.5, 0.6) is 0 Å². The van der Waals surface area contributed by atoms with Gasteiger partial charge >= 0.3 is 0 Å². The fraction of sp³-hybridized carbons (Fsp3) is 0.318. The van der Waals surface area contributed by atoms with Crippen molar-refractivity contribution in [3.63, 3.8) is 0 Å². The maximum atomic E-state index is 12.7. The maximum absolute atomic E-state index is 12.7. The molecule has 5 heteroatoms. The van der Waals surface area contributed by atoms with E-state index >= 15 is 0 Å². The van der Waals surface area contributed by atoms with Gasteiger partial charge in [-0.2, -0.15) is 0 Å². The Morgan fingerprint density at radius 1 is 1.04 bits per heavy atom. The third-order valence-corrected chi connectivity index (χ3v) is 5.53. The molecule has 1 fully saturated rings. The van der Waals surface area contributed by atoms with Gasteiger partial charge in [-0.05, 0) is 43.1 Å². The van der Waals surface area contributed by atoms with Gasteiger partial charge in [0.25, 0.3) is 5.91 Å². The first kappa shape index (κ1) is 17.5. The van der Waals surface area contributed by atoms with Crippen molar-refractivity contribution < 1.29 is 4.79 Å². The van der Waals surface area contributed by atoms with E-state index in [0.29, 0.717) is 17.4 Å². The minimum Gasteiger partial charge on any atom is -0.366 e. The van der Waals surface area contributed by atoms with E-state index in [9.17, 15) is 4.79 Å². The Kier molecular flexibility index (Phi) is 5.28. The van der Waals surface area contributed by atoms with E-state index < -0.39 is 0 Å². The summed E-state index contributed by atoms with van der Waals surface area (Å²) >= 11 is 0. The molecule has 0 aliphatic heterocycles. The molecule has 2 heterocycles. The number of nitrogens with one attached hydrogen (secondary N) is 2. The summed E-state index contributed by atoms with van der Waals surface area (Å²) in [5.41, 5.74) is 3.76. The van der Waals surface area contributed by atoms with Gasteiger partial charge in [-0.15, -0.1) is 0 Å². The molecule has 1 amide bonds. The predicted octanol–water partition coefficient (Wildman–Crippen LogP) is 4.18. The molecule has 2 N–H and O–H groups in total. The van der Waals surface area contributed by atoms with Gasteiger partial charge in [0.15, 0.2) is 0 Å². The van der Waals surface area contributed by atoms with Crippen LogP contribution in [0.1, 0.15) is 47.5 Å². The zero-order valence-electron chi connectivity index (χ0n) is 15.3. The number of aromatic nitrogens is 3. The molecule has 5 nitrogen and oxygen atoms in total. The molecule has 27 heavy (non-hydrogen) atoms. The lowest BCUT2D eigenvalue weighted by atomic mass is 9.78. The van der Waals surface area contributed by atoms with Gasteiger partial charge in [0, 0.05) is 42.5 Å². The molecular formula is C22H24N4O. The molecule has 0 spiro atoms. The summed E-state index contributed by atoms with van der Waals surface area (Å²) in [7, 11) is 0. The molecule has 1 aliphatic carbocycles. The van der Waals surface area contributed by atoms with Crippen LogP contribution in [0.15, 0.2) is 61.4 Å². The van der Waals surface area contributed by atoms with E-state index in [1.165, 1.54) is 24.7 Å². The van der Waals surface area contributed by atoms with E-state index in [0.717, 1.165) is 30.5 Å². The summed E-state index contributed by atoms with van der Waals surface area (Å²) in [6, 6.07) is 10.8. The van der Waals surface area contributed by atoms with Crippen molar-refractivity contribution in [2.45, 2.75) is 31.6 Å². The lowest BCUT2D eigenvalue weighted by Crippen LogP contribution is -2.31. The highest BCUT2D eigenvalue weighted by atomic mass is 16.1. The molecule has 0 saturated heterocycles. The van der Waals surface area contributed by atoms with Crippen LogP contribution >= 0.6 is 0 Å². The number of hydrogen-bond acceptors (Lipinski definition) is 3. The number of amides is 1. The van der Waals surface area contributed by atoms with Crippen LogP contribution < -0.4 is 5.32 Å². The Hall–Kier alpha value is -2.95. The second-order valence-electron chi connectivity index (χ2n) is 7.25. The van der Waals surface area contributed by atoms with Gasteiger partial charge < -0.3 is 10.3 Å². The van der Waals surface area contributed by atoms with Crippen LogP contribution in [0.3, 0.4) is 0 Å². The van der Waals surface area contributed by atoms with Gasteiger partial charge in [-0.3, -0.25) is 4.79 Å². The van der Waals surface area contributed by atoms with Crippen LogP contribution in [0.4, 0.5) is 0 Å². The summed E-state index contributed by atoms with van der Waals surface area (Å²) in [6.07, 6.45) is 13.2. The molecule has 2 aromatic heterocycles. The van der Waals surface area contributed by atoms with E-state index in [1.54, 1.807) is 18.6 Å². The second-order valence-corrected chi connectivity index (χ2v) is 7.25. The Labute approximate surface area is 159 Å². The number of nitrogens with zero attached hydrogens (tertiary/aromatic N) is 2.